The molecule has 0 bridgehead atoms. The lowest BCUT2D eigenvalue weighted by molar-refractivity contribution is -0.144. The molecule has 9 nitrogen and oxygen atoms in total. The van der Waals surface area contributed by atoms with Gasteiger partial charge in [0, 0.05) is 25.5 Å². The third-order valence-electron chi connectivity index (χ3n) is 6.68. The Morgan fingerprint density at radius 2 is 1.66 bits per heavy atom. The maximum Gasteiger partial charge on any atom is 0.305 e. The number of H-pyrrole nitrogens is 1. The minimum absolute atomic E-state index is 0.0408. The number of aromatic nitrogens is 2. The average Bonchev–Trinajstić information content (AvgIpc) is 3.24. The molecule has 0 aliphatic carbocycles. The summed E-state index contributed by atoms with van der Waals surface area (Å²) in [6.07, 6.45) is 17.6. The van der Waals surface area contributed by atoms with Gasteiger partial charge in [-0.2, -0.15) is 4.98 Å². The van der Waals surface area contributed by atoms with Crippen molar-refractivity contribution in [1.82, 2.24) is 9.97 Å². The van der Waals surface area contributed by atoms with Crippen LogP contribution in [0.3, 0.4) is 0 Å². The second kappa shape index (κ2) is 17.2. The van der Waals surface area contributed by atoms with Crippen LogP contribution in [0.5, 0.6) is 0 Å². The Bertz CT molecular complexity index is 785. The van der Waals surface area contributed by atoms with E-state index in [1.807, 2.05) is 4.90 Å². The first-order valence-electron chi connectivity index (χ1n) is 13.7. The topological polar surface area (TPSA) is 134 Å². The molecule has 1 aromatic rings. The normalized spacial score (nSPS) is 13.5. The lowest BCUT2D eigenvalue weighted by Crippen LogP contribution is -2.32. The van der Waals surface area contributed by atoms with Crippen LogP contribution in [0.15, 0.2) is 4.79 Å². The predicted octanol–water partition coefficient (Wildman–Crippen LogP) is 4.56. The Hall–Kier alpha value is -2.29. The molecule has 0 amide bonds. The number of esters is 1. The Morgan fingerprint density at radius 1 is 1.06 bits per heavy atom. The zero-order valence-electron chi connectivity index (χ0n) is 21.7. The summed E-state index contributed by atoms with van der Waals surface area (Å²) in [5.41, 5.74) is 5.73. The van der Waals surface area contributed by atoms with Crippen molar-refractivity contribution >= 4 is 23.4 Å². The van der Waals surface area contributed by atoms with Gasteiger partial charge in [0.1, 0.15) is 5.69 Å². The molecule has 0 radical (unpaired) electrons. The third-order valence-corrected chi connectivity index (χ3v) is 6.68. The highest BCUT2D eigenvalue weighted by Gasteiger charge is 2.26. The van der Waals surface area contributed by atoms with E-state index in [2.05, 4.69) is 22.2 Å². The van der Waals surface area contributed by atoms with E-state index < -0.39 is 0 Å². The number of hydrogen-bond donors (Lipinski definition) is 4. The number of carbonyl (C=O) groups is 1. The Kier molecular flexibility index (Phi) is 14.2. The molecule has 1 aliphatic rings. The summed E-state index contributed by atoms with van der Waals surface area (Å²) in [4.78, 5) is 32.5. The third kappa shape index (κ3) is 11.3. The van der Waals surface area contributed by atoms with Crippen LogP contribution in [-0.4, -0.2) is 47.5 Å². The number of nitrogens with zero attached hydrogens (tertiary/aromatic N) is 2. The van der Waals surface area contributed by atoms with Gasteiger partial charge in [0.25, 0.3) is 5.56 Å². The predicted molar refractivity (Wildman–Crippen MR) is 142 cm³/mol. The van der Waals surface area contributed by atoms with Gasteiger partial charge < -0.3 is 25.8 Å². The summed E-state index contributed by atoms with van der Waals surface area (Å²) in [7, 11) is 0. The highest BCUT2D eigenvalue weighted by Crippen LogP contribution is 2.26. The number of fused-ring (bicyclic) bond motifs is 1. The summed E-state index contributed by atoms with van der Waals surface area (Å²) in [5, 5.41) is 12.7. The molecule has 9 heteroatoms. The van der Waals surface area contributed by atoms with E-state index in [9.17, 15) is 14.7 Å². The van der Waals surface area contributed by atoms with Crippen LogP contribution in [0, 0.1) is 5.92 Å². The van der Waals surface area contributed by atoms with Gasteiger partial charge in [-0.05, 0) is 12.8 Å². The first-order chi connectivity index (χ1) is 17.0. The number of unbranched alkanes of at least 4 members (excludes halogenated alkanes) is 12. The monoisotopic (exact) mass is 493 g/mol. The second-order valence-electron chi connectivity index (χ2n) is 9.76. The number of anilines is 3. The van der Waals surface area contributed by atoms with Crippen LogP contribution < -0.4 is 21.5 Å². The van der Waals surface area contributed by atoms with E-state index in [1.54, 1.807) is 0 Å². The van der Waals surface area contributed by atoms with Gasteiger partial charge in [-0.25, -0.2) is 0 Å². The molecule has 2 heterocycles. The van der Waals surface area contributed by atoms with E-state index in [0.717, 1.165) is 12.8 Å². The molecule has 2 rings (SSSR count). The number of aromatic amines is 1. The maximum absolute atomic E-state index is 12.0. The fraction of sp³-hybridized carbons (Fsp3) is 0.808. The molecule has 1 aliphatic heterocycles. The van der Waals surface area contributed by atoms with E-state index in [-0.39, 0.29) is 36.6 Å². The Labute approximate surface area is 210 Å². The summed E-state index contributed by atoms with van der Waals surface area (Å²) in [5.74, 6) is 0.280. The van der Waals surface area contributed by atoms with Gasteiger partial charge in [-0.15, -0.1) is 0 Å². The van der Waals surface area contributed by atoms with Crippen LogP contribution >= 0.6 is 0 Å². The van der Waals surface area contributed by atoms with Gasteiger partial charge in [0.05, 0.1) is 13.3 Å². The van der Waals surface area contributed by atoms with E-state index >= 15 is 0 Å². The smallest absolute Gasteiger partial charge is 0.305 e. The average molecular weight is 494 g/mol. The molecule has 5 N–H and O–H groups in total. The molecule has 1 aromatic heterocycles. The lowest BCUT2D eigenvalue weighted by Gasteiger charge is -2.23. The number of nitrogens with one attached hydrogen (secondary N) is 2. The summed E-state index contributed by atoms with van der Waals surface area (Å²) >= 11 is 0. The lowest BCUT2D eigenvalue weighted by atomic mass is 10.0. The van der Waals surface area contributed by atoms with Gasteiger partial charge in [-0.3, -0.25) is 14.6 Å². The van der Waals surface area contributed by atoms with Gasteiger partial charge >= 0.3 is 5.97 Å². The fourth-order valence-electron chi connectivity index (χ4n) is 4.52. The Morgan fingerprint density at radius 3 is 2.26 bits per heavy atom. The zero-order chi connectivity index (χ0) is 25.3. The maximum atomic E-state index is 12.0. The molecule has 0 fully saturated rings. The summed E-state index contributed by atoms with van der Waals surface area (Å²) < 4.78 is 5.38. The summed E-state index contributed by atoms with van der Waals surface area (Å²) in [6, 6.07) is 0. The van der Waals surface area contributed by atoms with Gasteiger partial charge in [0.2, 0.25) is 5.95 Å². The molecule has 1 unspecified atom stereocenters. The molecule has 1 atom stereocenters. The molecule has 200 valence electrons. The van der Waals surface area contributed by atoms with Crippen molar-refractivity contribution in [3.8, 4) is 0 Å². The molecule has 35 heavy (non-hydrogen) atoms. The summed E-state index contributed by atoms with van der Waals surface area (Å²) in [6.45, 7) is 3.41. The van der Waals surface area contributed by atoms with Crippen molar-refractivity contribution in [2.24, 2.45) is 5.92 Å². The first-order valence-corrected chi connectivity index (χ1v) is 13.7. The highest BCUT2D eigenvalue weighted by molar-refractivity contribution is 5.70. The SMILES string of the molecule is CCCCCCCCCCCCCCCC(=O)OCCC(CO)CN1CNc2c1nc(N)[nH]c2=O. The molecular weight excluding hydrogens is 446 g/mol. The number of nitrogens with two attached hydrogens (primary N) is 1. The number of aliphatic hydroxyl groups is 1. The standard InChI is InChI=1S/C26H47N5O4/c1-2-3-4-5-6-7-8-9-10-11-12-13-14-15-22(33)35-17-16-21(19-32)18-31-20-28-23-24(31)29-26(27)30-25(23)34/h21,28,32H,2-20H2,1H3,(H3,27,29,30,34). The van der Waals surface area contributed by atoms with Crippen molar-refractivity contribution in [1.29, 1.82) is 0 Å². The minimum Gasteiger partial charge on any atom is -0.466 e. The fourth-order valence-corrected chi connectivity index (χ4v) is 4.52. The van der Waals surface area contributed by atoms with Crippen LogP contribution in [0.2, 0.25) is 0 Å². The highest BCUT2D eigenvalue weighted by atomic mass is 16.5. The molecule has 0 saturated carbocycles. The van der Waals surface area contributed by atoms with Crippen LogP contribution in [-0.2, 0) is 9.53 Å². The molecular formula is C26H47N5O4. The van der Waals surface area contributed by atoms with Gasteiger partial charge in [0.15, 0.2) is 5.82 Å². The number of nitrogen functional groups attached to an aromatic ring is 1. The van der Waals surface area contributed by atoms with Gasteiger partial charge in [-0.1, -0.05) is 84.0 Å². The second-order valence-corrected chi connectivity index (χ2v) is 9.76. The Balaban J connectivity index is 1.47. The minimum atomic E-state index is -0.308. The van der Waals surface area contributed by atoms with Crippen molar-refractivity contribution in [3.05, 3.63) is 10.4 Å². The number of aliphatic hydroxyl groups excluding tert-OH is 1. The largest absolute Gasteiger partial charge is 0.466 e. The number of carbonyl (C=O) groups excluding carboxylic acids is 1. The van der Waals surface area contributed by atoms with Crippen molar-refractivity contribution in [2.45, 2.75) is 103 Å². The van der Waals surface area contributed by atoms with E-state index in [0.29, 0.717) is 37.6 Å². The van der Waals surface area contributed by atoms with Crippen molar-refractivity contribution < 1.29 is 14.6 Å². The number of hydrogen-bond acceptors (Lipinski definition) is 8. The van der Waals surface area contributed by atoms with E-state index in [4.69, 9.17) is 10.5 Å². The van der Waals surface area contributed by atoms with Crippen molar-refractivity contribution in [3.63, 3.8) is 0 Å². The molecule has 0 spiro atoms. The van der Waals surface area contributed by atoms with Crippen LogP contribution in [0.4, 0.5) is 17.5 Å². The number of ether oxygens (including phenoxy) is 1. The van der Waals surface area contributed by atoms with Crippen LogP contribution in [0.25, 0.3) is 0 Å². The van der Waals surface area contributed by atoms with E-state index in [1.165, 1.54) is 70.6 Å². The van der Waals surface area contributed by atoms with Crippen molar-refractivity contribution in [2.75, 3.05) is 42.4 Å². The zero-order valence-corrected chi connectivity index (χ0v) is 21.7. The quantitative estimate of drug-likeness (QED) is 0.153. The first kappa shape index (κ1) is 28.9. The number of rotatable bonds is 20. The molecule has 0 saturated heterocycles. The van der Waals surface area contributed by atoms with Crippen LogP contribution in [0.1, 0.15) is 103 Å². The molecule has 0 aromatic carbocycles.